The molecule has 1 aromatic heterocycles. The molecule has 0 aliphatic carbocycles. The predicted molar refractivity (Wildman–Crippen MR) is 155 cm³/mol. The standard InChI is InChI=1S/C32H38N4O2/c1-4-5-6-7-8-9-10-15-22-36-25(3)24(2)26(27-17-13-14-19-30(27)36)16-11-12-18-28-31(35-38-32(28)37)29-23-33-20-21-34-29/h11-14,16-21,23H,4-10,15,22H2,1-3H3/b12-11+,26-16+,28-18-. The van der Waals surface area contributed by atoms with Gasteiger partial charge in [-0.1, -0.05) is 93.5 Å². The number of carbonyl (C=O) groups excluding carboxylic acids is 1. The van der Waals surface area contributed by atoms with Crippen LogP contribution in [0.25, 0.3) is 5.57 Å². The van der Waals surface area contributed by atoms with Crippen molar-refractivity contribution in [3.05, 3.63) is 95.3 Å². The van der Waals surface area contributed by atoms with Gasteiger partial charge in [0.25, 0.3) is 0 Å². The Morgan fingerprint density at radius 2 is 1.61 bits per heavy atom. The van der Waals surface area contributed by atoms with Gasteiger partial charge in [-0.2, -0.15) is 0 Å². The predicted octanol–water partition coefficient (Wildman–Crippen LogP) is 7.56. The van der Waals surface area contributed by atoms with E-state index in [9.17, 15) is 4.79 Å². The van der Waals surface area contributed by atoms with Crippen LogP contribution in [0.5, 0.6) is 0 Å². The monoisotopic (exact) mass is 510 g/mol. The van der Waals surface area contributed by atoms with Crippen LogP contribution in [0.15, 0.2) is 89.2 Å². The van der Waals surface area contributed by atoms with E-state index >= 15 is 0 Å². The van der Waals surface area contributed by atoms with Crippen LogP contribution in [0.3, 0.4) is 0 Å². The van der Waals surface area contributed by atoms with Crippen molar-refractivity contribution in [3.8, 4) is 0 Å². The third kappa shape index (κ3) is 6.55. The van der Waals surface area contributed by atoms with Crippen LogP contribution < -0.4 is 4.90 Å². The number of para-hydroxylation sites is 1. The molecule has 0 fully saturated rings. The third-order valence-electron chi connectivity index (χ3n) is 7.21. The lowest BCUT2D eigenvalue weighted by Crippen LogP contribution is -2.27. The van der Waals surface area contributed by atoms with Gasteiger partial charge in [0, 0.05) is 35.9 Å². The highest BCUT2D eigenvalue weighted by Crippen LogP contribution is 2.40. The van der Waals surface area contributed by atoms with Gasteiger partial charge in [0.05, 0.1) is 11.8 Å². The first-order chi connectivity index (χ1) is 18.6. The summed E-state index contributed by atoms with van der Waals surface area (Å²) in [5.74, 6) is -0.491. The summed E-state index contributed by atoms with van der Waals surface area (Å²) in [6.07, 6.45) is 22.9. The van der Waals surface area contributed by atoms with E-state index in [2.05, 4.69) is 71.1 Å². The van der Waals surface area contributed by atoms with Gasteiger partial charge in [-0.25, -0.2) is 4.79 Å². The van der Waals surface area contributed by atoms with Crippen LogP contribution in [-0.4, -0.2) is 28.2 Å². The summed E-state index contributed by atoms with van der Waals surface area (Å²) < 4.78 is 0. The maximum Gasteiger partial charge on any atom is 0.368 e. The molecule has 0 spiro atoms. The lowest BCUT2D eigenvalue weighted by atomic mass is 9.90. The summed E-state index contributed by atoms with van der Waals surface area (Å²) in [6, 6.07) is 8.62. The molecule has 1 aromatic carbocycles. The molecular formula is C32H38N4O2. The normalized spacial score (nSPS) is 17.5. The number of aromatic nitrogens is 2. The second-order valence-corrected chi connectivity index (χ2v) is 9.81. The summed E-state index contributed by atoms with van der Waals surface area (Å²) in [5, 5.41) is 3.88. The largest absolute Gasteiger partial charge is 0.368 e. The molecule has 0 amide bonds. The molecule has 4 rings (SSSR count). The first-order valence-electron chi connectivity index (χ1n) is 13.8. The summed E-state index contributed by atoms with van der Waals surface area (Å²) in [5.41, 5.74) is 7.50. The third-order valence-corrected chi connectivity index (χ3v) is 7.21. The molecule has 38 heavy (non-hydrogen) atoms. The van der Waals surface area contributed by atoms with Gasteiger partial charge in [0.15, 0.2) is 0 Å². The average molecular weight is 511 g/mol. The van der Waals surface area contributed by atoms with Crippen molar-refractivity contribution in [2.75, 3.05) is 11.4 Å². The molecule has 2 aliphatic heterocycles. The zero-order valence-corrected chi connectivity index (χ0v) is 22.8. The zero-order valence-electron chi connectivity index (χ0n) is 22.8. The quantitative estimate of drug-likeness (QED) is 0.167. The smallest absolute Gasteiger partial charge is 0.345 e. The van der Waals surface area contributed by atoms with Gasteiger partial charge in [-0.05, 0) is 43.6 Å². The zero-order chi connectivity index (χ0) is 26.7. The Bertz CT molecular complexity index is 1270. The molecule has 3 heterocycles. The highest BCUT2D eigenvalue weighted by atomic mass is 16.7. The van der Waals surface area contributed by atoms with Gasteiger partial charge in [-0.15, -0.1) is 0 Å². The topological polar surface area (TPSA) is 67.7 Å². The Balaban J connectivity index is 1.46. The second-order valence-electron chi connectivity index (χ2n) is 9.81. The maximum absolute atomic E-state index is 12.2. The minimum Gasteiger partial charge on any atom is -0.345 e. The van der Waals surface area contributed by atoms with Gasteiger partial charge in [0.2, 0.25) is 0 Å². The summed E-state index contributed by atoms with van der Waals surface area (Å²) in [6.45, 7) is 7.71. The van der Waals surface area contributed by atoms with Crippen LogP contribution in [0.1, 0.15) is 83.4 Å². The summed E-state index contributed by atoms with van der Waals surface area (Å²) >= 11 is 0. The number of hydrogen-bond acceptors (Lipinski definition) is 6. The van der Waals surface area contributed by atoms with Crippen LogP contribution in [0.4, 0.5) is 5.69 Å². The number of fused-ring (bicyclic) bond motifs is 1. The molecule has 2 aromatic rings. The lowest BCUT2D eigenvalue weighted by Gasteiger charge is -2.35. The number of carbonyl (C=O) groups is 1. The summed E-state index contributed by atoms with van der Waals surface area (Å²) in [7, 11) is 0. The minimum atomic E-state index is -0.491. The number of benzene rings is 1. The highest BCUT2D eigenvalue weighted by molar-refractivity contribution is 6.28. The maximum atomic E-state index is 12.2. The van der Waals surface area contributed by atoms with E-state index in [1.165, 1.54) is 79.5 Å². The fraction of sp³-hybridized carbons (Fsp3) is 0.375. The second kappa shape index (κ2) is 13.7. The molecule has 0 bridgehead atoms. The fourth-order valence-corrected chi connectivity index (χ4v) is 4.96. The van der Waals surface area contributed by atoms with Crippen LogP contribution in [0.2, 0.25) is 0 Å². The molecule has 0 unspecified atom stereocenters. The molecule has 2 aliphatic rings. The minimum absolute atomic E-state index is 0.365. The number of nitrogens with zero attached hydrogens (tertiary/aromatic N) is 4. The Morgan fingerprint density at radius 3 is 2.34 bits per heavy atom. The lowest BCUT2D eigenvalue weighted by molar-refractivity contribution is -0.136. The number of oxime groups is 1. The van der Waals surface area contributed by atoms with Crippen molar-refractivity contribution in [2.24, 2.45) is 5.16 Å². The molecule has 6 nitrogen and oxygen atoms in total. The molecule has 6 heteroatoms. The number of rotatable bonds is 12. The number of hydrogen-bond donors (Lipinski definition) is 0. The summed E-state index contributed by atoms with van der Waals surface area (Å²) in [4.78, 5) is 27.9. The van der Waals surface area contributed by atoms with E-state index in [0.717, 1.165) is 6.54 Å². The van der Waals surface area contributed by atoms with Gasteiger partial charge >= 0.3 is 5.97 Å². The average Bonchev–Trinajstić information content (AvgIpc) is 3.31. The van der Waals surface area contributed by atoms with E-state index in [0.29, 0.717) is 17.0 Å². The van der Waals surface area contributed by atoms with Crippen molar-refractivity contribution in [3.63, 3.8) is 0 Å². The molecular weight excluding hydrogens is 472 g/mol. The molecule has 0 radical (unpaired) electrons. The Kier molecular flexibility index (Phi) is 9.79. The van der Waals surface area contributed by atoms with Crippen LogP contribution >= 0.6 is 0 Å². The van der Waals surface area contributed by atoms with E-state index in [-0.39, 0.29) is 0 Å². The van der Waals surface area contributed by atoms with Crippen molar-refractivity contribution in [1.29, 1.82) is 0 Å². The van der Waals surface area contributed by atoms with Gasteiger partial charge in [-0.3, -0.25) is 9.97 Å². The van der Waals surface area contributed by atoms with Gasteiger partial charge in [0.1, 0.15) is 11.4 Å². The number of anilines is 1. The first kappa shape index (κ1) is 27.2. The fourth-order valence-electron chi connectivity index (χ4n) is 4.96. The Labute approximate surface area is 226 Å². The van der Waals surface area contributed by atoms with Crippen molar-refractivity contribution in [1.82, 2.24) is 9.97 Å². The first-order valence-corrected chi connectivity index (χ1v) is 13.8. The highest BCUT2D eigenvalue weighted by Gasteiger charge is 2.27. The molecule has 0 N–H and O–H groups in total. The van der Waals surface area contributed by atoms with Crippen molar-refractivity contribution < 1.29 is 9.63 Å². The van der Waals surface area contributed by atoms with Crippen LogP contribution in [-0.2, 0) is 9.63 Å². The SMILES string of the molecule is CCCCCCCCCCN1C(C)=C(C)\C(=C/C=C/C=C2\C(=O)ON=C2c2cnccn2)c2ccccc21. The Morgan fingerprint density at radius 1 is 0.895 bits per heavy atom. The van der Waals surface area contributed by atoms with Gasteiger partial charge < -0.3 is 9.74 Å². The Hall–Kier alpha value is -3.80. The van der Waals surface area contributed by atoms with Crippen LogP contribution in [0, 0.1) is 0 Å². The van der Waals surface area contributed by atoms with Crippen molar-refractivity contribution in [2.45, 2.75) is 72.1 Å². The molecule has 0 saturated carbocycles. The van der Waals surface area contributed by atoms with E-state index < -0.39 is 5.97 Å². The molecule has 0 saturated heterocycles. The molecule has 0 atom stereocenters. The number of unbranched alkanes of at least 4 members (excludes halogenated alkanes) is 7. The van der Waals surface area contributed by atoms with Crippen molar-refractivity contribution >= 4 is 22.9 Å². The van der Waals surface area contributed by atoms with E-state index in [1.54, 1.807) is 24.7 Å². The van der Waals surface area contributed by atoms with E-state index in [1.807, 2.05) is 12.2 Å². The van der Waals surface area contributed by atoms with E-state index in [4.69, 9.17) is 4.84 Å². The molecule has 198 valence electrons. The number of allylic oxidation sites excluding steroid dienone is 7.